The van der Waals surface area contributed by atoms with Crippen molar-refractivity contribution in [2.75, 3.05) is 11.9 Å². The van der Waals surface area contributed by atoms with E-state index in [4.69, 9.17) is 4.42 Å². The lowest BCUT2D eigenvalue weighted by Crippen LogP contribution is -2.19. The second-order valence-electron chi connectivity index (χ2n) is 5.52. The molecule has 2 rings (SSSR count). The van der Waals surface area contributed by atoms with Crippen molar-refractivity contribution in [3.05, 3.63) is 34.7 Å². The Hall–Kier alpha value is -1.88. The highest BCUT2D eigenvalue weighted by atomic mass is 16.4. The lowest BCUT2D eigenvalue weighted by Gasteiger charge is -2.11. The fourth-order valence-corrected chi connectivity index (χ4v) is 2.39. The van der Waals surface area contributed by atoms with Crippen LogP contribution in [0, 0.1) is 20.8 Å². The number of aryl methyl sites for hydroxylation is 3. The number of aromatic nitrogens is 2. The summed E-state index contributed by atoms with van der Waals surface area (Å²) in [7, 11) is 0. The van der Waals surface area contributed by atoms with Crippen LogP contribution >= 0.6 is 0 Å². The zero-order chi connectivity index (χ0) is 15.4. The molecule has 0 aliphatic carbocycles. The van der Waals surface area contributed by atoms with Gasteiger partial charge in [-0.3, -0.25) is 0 Å². The maximum Gasteiger partial charge on any atom is 0.320 e. The SMILES string of the molecule is CCCNC(C)c1nnc(Nc2c(C)cc(C)cc2C)o1. The average Bonchev–Trinajstić information content (AvgIpc) is 2.89. The van der Waals surface area contributed by atoms with Gasteiger partial charge in [0.25, 0.3) is 0 Å². The van der Waals surface area contributed by atoms with Gasteiger partial charge in [-0.25, -0.2) is 0 Å². The highest BCUT2D eigenvalue weighted by Gasteiger charge is 2.14. The van der Waals surface area contributed by atoms with Crippen LogP contribution in [-0.2, 0) is 0 Å². The number of nitrogens with one attached hydrogen (secondary N) is 2. The Morgan fingerprint density at radius 1 is 1.14 bits per heavy atom. The van der Waals surface area contributed by atoms with Crippen molar-refractivity contribution in [1.82, 2.24) is 15.5 Å². The van der Waals surface area contributed by atoms with Gasteiger partial charge in [0.15, 0.2) is 0 Å². The fourth-order valence-electron chi connectivity index (χ4n) is 2.39. The molecule has 2 aromatic rings. The third kappa shape index (κ3) is 3.82. The molecule has 0 saturated heterocycles. The summed E-state index contributed by atoms with van der Waals surface area (Å²) >= 11 is 0. The van der Waals surface area contributed by atoms with Gasteiger partial charge in [-0.05, 0) is 51.8 Å². The summed E-state index contributed by atoms with van der Waals surface area (Å²) in [5.41, 5.74) is 4.62. The second kappa shape index (κ2) is 6.72. The molecular formula is C16H24N4O. The van der Waals surface area contributed by atoms with Crippen molar-refractivity contribution in [2.24, 2.45) is 0 Å². The molecule has 0 aliphatic heterocycles. The number of benzene rings is 1. The molecule has 1 atom stereocenters. The smallest absolute Gasteiger partial charge is 0.320 e. The Morgan fingerprint density at radius 2 is 1.81 bits per heavy atom. The van der Waals surface area contributed by atoms with E-state index in [2.05, 4.69) is 60.7 Å². The summed E-state index contributed by atoms with van der Waals surface area (Å²) in [5, 5.41) is 14.7. The molecule has 0 aliphatic rings. The van der Waals surface area contributed by atoms with Crippen LogP contribution in [0.25, 0.3) is 0 Å². The van der Waals surface area contributed by atoms with Crippen molar-refractivity contribution in [1.29, 1.82) is 0 Å². The van der Waals surface area contributed by atoms with Crippen LogP contribution in [0.5, 0.6) is 0 Å². The van der Waals surface area contributed by atoms with E-state index in [1.54, 1.807) is 0 Å². The summed E-state index contributed by atoms with van der Waals surface area (Å²) in [6.07, 6.45) is 1.07. The monoisotopic (exact) mass is 288 g/mol. The maximum atomic E-state index is 5.69. The molecule has 0 amide bonds. The van der Waals surface area contributed by atoms with E-state index < -0.39 is 0 Å². The van der Waals surface area contributed by atoms with Crippen molar-refractivity contribution in [3.8, 4) is 0 Å². The number of anilines is 2. The molecule has 5 heteroatoms. The Labute approximate surface area is 126 Å². The number of rotatable bonds is 6. The largest absolute Gasteiger partial charge is 0.406 e. The van der Waals surface area contributed by atoms with Gasteiger partial charge in [0.05, 0.1) is 6.04 Å². The van der Waals surface area contributed by atoms with Crippen molar-refractivity contribution >= 4 is 11.7 Å². The Kier molecular flexibility index (Phi) is 4.96. The molecule has 1 heterocycles. The molecule has 21 heavy (non-hydrogen) atoms. The fraction of sp³-hybridized carbons (Fsp3) is 0.500. The lowest BCUT2D eigenvalue weighted by atomic mass is 10.1. The Bertz CT molecular complexity index is 583. The van der Waals surface area contributed by atoms with E-state index in [-0.39, 0.29) is 6.04 Å². The van der Waals surface area contributed by atoms with Gasteiger partial charge in [-0.2, -0.15) is 0 Å². The van der Waals surface area contributed by atoms with Gasteiger partial charge in [0.1, 0.15) is 0 Å². The first-order valence-electron chi connectivity index (χ1n) is 7.43. The summed E-state index contributed by atoms with van der Waals surface area (Å²) in [4.78, 5) is 0. The topological polar surface area (TPSA) is 63.0 Å². The molecule has 1 unspecified atom stereocenters. The lowest BCUT2D eigenvalue weighted by molar-refractivity contribution is 0.424. The van der Waals surface area contributed by atoms with E-state index in [1.165, 1.54) is 16.7 Å². The number of hydrogen-bond acceptors (Lipinski definition) is 5. The van der Waals surface area contributed by atoms with Crippen LogP contribution in [-0.4, -0.2) is 16.7 Å². The first-order valence-corrected chi connectivity index (χ1v) is 7.43. The van der Waals surface area contributed by atoms with Gasteiger partial charge >= 0.3 is 6.01 Å². The van der Waals surface area contributed by atoms with Crippen molar-refractivity contribution < 1.29 is 4.42 Å². The molecule has 0 bridgehead atoms. The van der Waals surface area contributed by atoms with E-state index in [0.717, 1.165) is 18.7 Å². The van der Waals surface area contributed by atoms with E-state index >= 15 is 0 Å². The summed E-state index contributed by atoms with van der Waals surface area (Å²) in [6, 6.07) is 4.77. The number of nitrogens with zero attached hydrogens (tertiary/aromatic N) is 2. The van der Waals surface area contributed by atoms with Gasteiger partial charge < -0.3 is 15.1 Å². The molecule has 5 nitrogen and oxygen atoms in total. The van der Waals surface area contributed by atoms with Crippen LogP contribution < -0.4 is 10.6 Å². The minimum Gasteiger partial charge on any atom is -0.406 e. The molecule has 1 aromatic heterocycles. The van der Waals surface area contributed by atoms with Crippen LogP contribution in [0.4, 0.5) is 11.7 Å². The quantitative estimate of drug-likeness (QED) is 0.846. The molecule has 2 N–H and O–H groups in total. The Balaban J connectivity index is 2.13. The minimum absolute atomic E-state index is 0.0632. The number of hydrogen-bond donors (Lipinski definition) is 2. The van der Waals surface area contributed by atoms with Crippen LogP contribution in [0.1, 0.15) is 48.9 Å². The van der Waals surface area contributed by atoms with E-state index in [9.17, 15) is 0 Å². The molecule has 0 saturated carbocycles. The van der Waals surface area contributed by atoms with Gasteiger partial charge in [-0.15, -0.1) is 5.10 Å². The normalized spacial score (nSPS) is 12.4. The second-order valence-corrected chi connectivity index (χ2v) is 5.52. The van der Waals surface area contributed by atoms with E-state index in [0.29, 0.717) is 11.9 Å². The third-order valence-electron chi connectivity index (χ3n) is 3.42. The Morgan fingerprint density at radius 3 is 2.43 bits per heavy atom. The summed E-state index contributed by atoms with van der Waals surface area (Å²) in [6.45, 7) is 11.3. The highest BCUT2D eigenvalue weighted by molar-refractivity contribution is 5.62. The molecule has 0 radical (unpaired) electrons. The van der Waals surface area contributed by atoms with Gasteiger partial charge in [0.2, 0.25) is 5.89 Å². The zero-order valence-electron chi connectivity index (χ0n) is 13.4. The van der Waals surface area contributed by atoms with Crippen molar-refractivity contribution in [2.45, 2.75) is 47.1 Å². The van der Waals surface area contributed by atoms with Crippen LogP contribution in [0.2, 0.25) is 0 Å². The molecule has 0 spiro atoms. The molecular weight excluding hydrogens is 264 g/mol. The summed E-state index contributed by atoms with van der Waals surface area (Å²) in [5.74, 6) is 0.605. The van der Waals surface area contributed by atoms with E-state index in [1.807, 2.05) is 6.92 Å². The molecule has 0 fully saturated rings. The first-order chi connectivity index (χ1) is 10.0. The van der Waals surface area contributed by atoms with Crippen LogP contribution in [0.15, 0.2) is 16.5 Å². The predicted molar refractivity (Wildman–Crippen MR) is 84.9 cm³/mol. The van der Waals surface area contributed by atoms with Gasteiger partial charge in [-0.1, -0.05) is 29.7 Å². The van der Waals surface area contributed by atoms with Gasteiger partial charge in [0, 0.05) is 5.69 Å². The molecule has 1 aromatic carbocycles. The standard InChI is InChI=1S/C16H24N4O/c1-6-7-17-13(5)15-19-20-16(21-15)18-14-11(3)8-10(2)9-12(14)4/h8-9,13,17H,6-7H2,1-5H3,(H,18,20). The van der Waals surface area contributed by atoms with Crippen LogP contribution in [0.3, 0.4) is 0 Å². The highest BCUT2D eigenvalue weighted by Crippen LogP contribution is 2.26. The zero-order valence-corrected chi connectivity index (χ0v) is 13.4. The first kappa shape index (κ1) is 15.5. The van der Waals surface area contributed by atoms with Crippen molar-refractivity contribution in [3.63, 3.8) is 0 Å². The predicted octanol–water partition coefficient (Wildman–Crippen LogP) is 3.80. The third-order valence-corrected chi connectivity index (χ3v) is 3.42. The molecule has 114 valence electrons. The summed E-state index contributed by atoms with van der Waals surface area (Å²) < 4.78 is 5.69. The average molecular weight is 288 g/mol. The minimum atomic E-state index is 0.0632. The maximum absolute atomic E-state index is 5.69.